The summed E-state index contributed by atoms with van der Waals surface area (Å²) in [7, 11) is 0. The first-order valence-electron chi connectivity index (χ1n) is 6.67. The molecule has 2 aliphatic carbocycles. The third-order valence-corrected chi connectivity index (χ3v) is 5.91. The summed E-state index contributed by atoms with van der Waals surface area (Å²) in [5, 5.41) is 17.9. The molecular weight excluding hydrogens is 210 g/mol. The van der Waals surface area contributed by atoms with Crippen LogP contribution in [0.2, 0.25) is 0 Å². The second-order valence-electron chi connectivity index (χ2n) is 7.04. The number of aliphatic hydroxyl groups is 1. The van der Waals surface area contributed by atoms with Crippen LogP contribution in [0.3, 0.4) is 0 Å². The number of rotatable bonds is 1. The van der Waals surface area contributed by atoms with E-state index in [9.17, 15) is 5.11 Å². The molecule has 2 rings (SSSR count). The van der Waals surface area contributed by atoms with Crippen LogP contribution in [0.15, 0.2) is 11.3 Å². The van der Waals surface area contributed by atoms with Gasteiger partial charge in [0.1, 0.15) is 5.76 Å². The lowest BCUT2D eigenvalue weighted by molar-refractivity contribution is 0.143. The van der Waals surface area contributed by atoms with Gasteiger partial charge in [-0.05, 0) is 35.5 Å². The van der Waals surface area contributed by atoms with Crippen molar-refractivity contribution >= 4 is 6.21 Å². The van der Waals surface area contributed by atoms with Crippen molar-refractivity contribution in [2.75, 3.05) is 0 Å². The molecule has 2 heteroatoms. The molecule has 0 radical (unpaired) electrons. The number of fused-ring (bicyclic) bond motifs is 1. The fraction of sp³-hybridized carbons (Fsp3) is 0.800. The highest BCUT2D eigenvalue weighted by molar-refractivity contribution is 5.77. The van der Waals surface area contributed by atoms with Crippen LogP contribution in [0.25, 0.3) is 0 Å². The van der Waals surface area contributed by atoms with Gasteiger partial charge in [0, 0.05) is 17.7 Å². The van der Waals surface area contributed by atoms with E-state index in [1.165, 1.54) is 6.21 Å². The Morgan fingerprint density at radius 1 is 1.24 bits per heavy atom. The average Bonchev–Trinajstić information content (AvgIpc) is 2.39. The predicted octanol–water partition coefficient (Wildman–Crippen LogP) is 4.18. The summed E-state index contributed by atoms with van der Waals surface area (Å²) in [5.41, 5.74) is 1.24. The van der Waals surface area contributed by atoms with Crippen molar-refractivity contribution in [3.63, 3.8) is 0 Å². The molecule has 3 atom stereocenters. The quantitative estimate of drug-likeness (QED) is 0.658. The topological polar surface area (TPSA) is 44.1 Å². The van der Waals surface area contributed by atoms with Crippen LogP contribution < -0.4 is 0 Å². The standard InChI is InChI=1S/C15H25NO/c1-9-14(2,3)11-7-6-10(8-16)13(17)12(11)15(9,4)5/h8-9,11-12,16-17H,6-7H2,1-5H3. The molecule has 0 aromatic carbocycles. The second kappa shape index (κ2) is 3.60. The predicted molar refractivity (Wildman–Crippen MR) is 71.4 cm³/mol. The van der Waals surface area contributed by atoms with Crippen molar-refractivity contribution in [1.29, 1.82) is 5.41 Å². The first-order chi connectivity index (χ1) is 7.74. The van der Waals surface area contributed by atoms with Gasteiger partial charge in [0.25, 0.3) is 0 Å². The Morgan fingerprint density at radius 2 is 1.82 bits per heavy atom. The molecule has 2 N–H and O–H groups in total. The van der Waals surface area contributed by atoms with Crippen molar-refractivity contribution in [3.05, 3.63) is 11.3 Å². The van der Waals surface area contributed by atoms with Crippen LogP contribution in [-0.2, 0) is 0 Å². The Morgan fingerprint density at radius 3 is 2.35 bits per heavy atom. The van der Waals surface area contributed by atoms with Gasteiger partial charge < -0.3 is 10.5 Å². The zero-order chi connectivity index (χ0) is 13.0. The largest absolute Gasteiger partial charge is 0.512 e. The Bertz CT molecular complexity index is 378. The Balaban J connectivity index is 2.53. The van der Waals surface area contributed by atoms with E-state index in [4.69, 9.17) is 5.41 Å². The number of allylic oxidation sites excluding steroid dienone is 2. The molecule has 0 aliphatic heterocycles. The summed E-state index contributed by atoms with van der Waals surface area (Å²) in [5.74, 6) is 1.87. The first kappa shape index (κ1) is 12.7. The van der Waals surface area contributed by atoms with Crippen LogP contribution in [0, 0.1) is 34.0 Å². The van der Waals surface area contributed by atoms with Gasteiger partial charge in [-0.3, -0.25) is 0 Å². The molecule has 0 amide bonds. The summed E-state index contributed by atoms with van der Waals surface area (Å²) in [6.45, 7) is 11.5. The molecule has 0 spiro atoms. The summed E-state index contributed by atoms with van der Waals surface area (Å²) in [6.07, 6.45) is 3.32. The van der Waals surface area contributed by atoms with Crippen molar-refractivity contribution in [2.24, 2.45) is 28.6 Å². The van der Waals surface area contributed by atoms with E-state index in [-0.39, 0.29) is 16.7 Å². The number of nitrogens with one attached hydrogen (secondary N) is 1. The molecule has 0 aromatic rings. The van der Waals surface area contributed by atoms with E-state index < -0.39 is 0 Å². The van der Waals surface area contributed by atoms with Crippen molar-refractivity contribution < 1.29 is 5.11 Å². The summed E-state index contributed by atoms with van der Waals surface area (Å²) >= 11 is 0. The Kier molecular flexibility index (Phi) is 2.68. The molecule has 1 fully saturated rings. The minimum absolute atomic E-state index is 0.118. The Labute approximate surface area is 105 Å². The highest BCUT2D eigenvalue weighted by Crippen LogP contribution is 2.65. The van der Waals surface area contributed by atoms with Gasteiger partial charge in [-0.25, -0.2) is 0 Å². The molecule has 2 aliphatic rings. The van der Waals surface area contributed by atoms with Gasteiger partial charge in [-0.15, -0.1) is 0 Å². The van der Waals surface area contributed by atoms with E-state index in [1.807, 2.05) is 0 Å². The lowest BCUT2D eigenvalue weighted by Gasteiger charge is -2.36. The maximum atomic E-state index is 10.5. The molecule has 3 unspecified atom stereocenters. The third kappa shape index (κ3) is 1.49. The van der Waals surface area contributed by atoms with Gasteiger partial charge in [0.05, 0.1) is 0 Å². The van der Waals surface area contributed by atoms with Gasteiger partial charge in [-0.2, -0.15) is 0 Å². The summed E-state index contributed by atoms with van der Waals surface area (Å²) in [6, 6.07) is 0. The zero-order valence-corrected chi connectivity index (χ0v) is 11.7. The molecule has 1 saturated carbocycles. The molecule has 17 heavy (non-hydrogen) atoms. The molecule has 2 nitrogen and oxygen atoms in total. The molecule has 0 heterocycles. The van der Waals surface area contributed by atoms with Gasteiger partial charge >= 0.3 is 0 Å². The maximum absolute atomic E-state index is 10.5. The van der Waals surface area contributed by atoms with Crippen LogP contribution in [0.5, 0.6) is 0 Å². The number of hydrogen-bond acceptors (Lipinski definition) is 2. The lowest BCUT2D eigenvalue weighted by Crippen LogP contribution is -2.31. The number of aliphatic hydroxyl groups excluding tert-OH is 1. The van der Waals surface area contributed by atoms with E-state index >= 15 is 0 Å². The van der Waals surface area contributed by atoms with E-state index in [0.29, 0.717) is 17.6 Å². The highest BCUT2D eigenvalue weighted by atomic mass is 16.3. The van der Waals surface area contributed by atoms with Crippen LogP contribution in [-0.4, -0.2) is 11.3 Å². The van der Waals surface area contributed by atoms with E-state index in [1.54, 1.807) is 0 Å². The van der Waals surface area contributed by atoms with Gasteiger partial charge in [0.2, 0.25) is 0 Å². The SMILES string of the molecule is CC1C(C)(C)C2CCC(C=N)=C(O)C2C1(C)C. The minimum Gasteiger partial charge on any atom is -0.512 e. The fourth-order valence-electron chi connectivity index (χ4n) is 4.36. The average molecular weight is 235 g/mol. The van der Waals surface area contributed by atoms with Gasteiger partial charge in [-0.1, -0.05) is 34.6 Å². The van der Waals surface area contributed by atoms with Crippen molar-refractivity contribution in [1.82, 2.24) is 0 Å². The normalized spacial score (nSPS) is 39.0. The lowest BCUT2D eigenvalue weighted by atomic mass is 9.69. The maximum Gasteiger partial charge on any atom is 0.101 e. The highest BCUT2D eigenvalue weighted by Gasteiger charge is 2.59. The molecule has 0 saturated heterocycles. The smallest absolute Gasteiger partial charge is 0.101 e. The molecule has 0 aromatic heterocycles. The van der Waals surface area contributed by atoms with E-state index in [2.05, 4.69) is 34.6 Å². The third-order valence-electron chi connectivity index (χ3n) is 5.91. The second-order valence-corrected chi connectivity index (χ2v) is 7.04. The van der Waals surface area contributed by atoms with Crippen LogP contribution >= 0.6 is 0 Å². The fourth-order valence-corrected chi connectivity index (χ4v) is 4.36. The van der Waals surface area contributed by atoms with Crippen LogP contribution in [0.1, 0.15) is 47.5 Å². The van der Waals surface area contributed by atoms with Gasteiger partial charge in [0.15, 0.2) is 0 Å². The minimum atomic E-state index is 0.118. The van der Waals surface area contributed by atoms with Crippen LogP contribution in [0.4, 0.5) is 0 Å². The molecule has 0 bridgehead atoms. The summed E-state index contributed by atoms with van der Waals surface area (Å²) in [4.78, 5) is 0. The summed E-state index contributed by atoms with van der Waals surface area (Å²) < 4.78 is 0. The molecular formula is C15H25NO. The molecule has 96 valence electrons. The van der Waals surface area contributed by atoms with E-state index in [0.717, 1.165) is 18.4 Å². The van der Waals surface area contributed by atoms with Crippen molar-refractivity contribution in [2.45, 2.75) is 47.5 Å². The zero-order valence-electron chi connectivity index (χ0n) is 11.7. The Hall–Kier alpha value is -0.790. The first-order valence-corrected chi connectivity index (χ1v) is 6.67. The van der Waals surface area contributed by atoms with Crippen molar-refractivity contribution in [3.8, 4) is 0 Å². The monoisotopic (exact) mass is 235 g/mol. The number of hydrogen-bond donors (Lipinski definition) is 2.